The molecule has 106 valence electrons. The number of nitrogens with two attached hydrogens (primary N) is 1. The minimum atomic E-state index is 0.559. The van der Waals surface area contributed by atoms with Crippen LogP contribution in [0.15, 0.2) is 18.2 Å². The van der Waals surface area contributed by atoms with Gasteiger partial charge in [-0.2, -0.15) is 0 Å². The smallest absolute Gasteiger partial charge is 0.131 e. The lowest BCUT2D eigenvalue weighted by Crippen LogP contribution is -2.06. The summed E-state index contributed by atoms with van der Waals surface area (Å²) in [4.78, 5) is 4.76. The number of hydrogen-bond acceptors (Lipinski definition) is 2. The summed E-state index contributed by atoms with van der Waals surface area (Å²) in [5.74, 6) is 2.37. The van der Waals surface area contributed by atoms with E-state index in [4.69, 9.17) is 33.9 Å². The van der Waals surface area contributed by atoms with Crippen LogP contribution in [-0.4, -0.2) is 9.55 Å². The highest BCUT2D eigenvalue weighted by Crippen LogP contribution is 2.43. The zero-order valence-electron chi connectivity index (χ0n) is 11.4. The minimum Gasteiger partial charge on any atom is -0.383 e. The fourth-order valence-electron chi connectivity index (χ4n) is 2.47. The Morgan fingerprint density at radius 2 is 2.10 bits per heavy atom. The van der Waals surface area contributed by atoms with Crippen LogP contribution in [0.1, 0.15) is 37.9 Å². The lowest BCUT2D eigenvalue weighted by molar-refractivity contribution is 0.646. The quantitative estimate of drug-likeness (QED) is 0.887. The second-order valence-corrected chi connectivity index (χ2v) is 6.10. The Hall–Kier alpha value is -1.19. The molecular formula is C15H17Cl2N3. The van der Waals surface area contributed by atoms with Crippen LogP contribution in [0.3, 0.4) is 0 Å². The summed E-state index contributed by atoms with van der Waals surface area (Å²) in [5.41, 5.74) is 7.94. The molecule has 0 aliphatic heterocycles. The zero-order chi connectivity index (χ0) is 14.3. The summed E-state index contributed by atoms with van der Waals surface area (Å²) in [7, 11) is 0. The van der Waals surface area contributed by atoms with E-state index >= 15 is 0 Å². The van der Waals surface area contributed by atoms with Gasteiger partial charge in [-0.3, -0.25) is 0 Å². The third kappa shape index (κ3) is 2.40. The summed E-state index contributed by atoms with van der Waals surface area (Å²) in [6.45, 7) is 3.04. The summed E-state index contributed by atoms with van der Waals surface area (Å²) < 4.78 is 2.14. The second kappa shape index (κ2) is 5.30. The highest BCUT2D eigenvalue weighted by molar-refractivity contribution is 6.36. The maximum Gasteiger partial charge on any atom is 0.131 e. The van der Waals surface area contributed by atoms with Crippen molar-refractivity contribution in [2.45, 2.75) is 38.6 Å². The highest BCUT2D eigenvalue weighted by atomic mass is 35.5. The van der Waals surface area contributed by atoms with Gasteiger partial charge in [-0.25, -0.2) is 4.98 Å². The average Bonchev–Trinajstić information content (AvgIpc) is 3.19. The van der Waals surface area contributed by atoms with Gasteiger partial charge in [0.2, 0.25) is 0 Å². The Morgan fingerprint density at radius 1 is 1.35 bits per heavy atom. The molecule has 1 aromatic carbocycles. The van der Waals surface area contributed by atoms with Crippen molar-refractivity contribution in [3.63, 3.8) is 0 Å². The van der Waals surface area contributed by atoms with Gasteiger partial charge in [-0.05, 0) is 37.5 Å². The fourth-order valence-corrected chi connectivity index (χ4v) is 2.97. The van der Waals surface area contributed by atoms with Crippen molar-refractivity contribution in [3.05, 3.63) is 34.1 Å². The fraction of sp³-hybridized carbons (Fsp3) is 0.400. The molecule has 0 amide bonds. The first-order valence-electron chi connectivity index (χ1n) is 6.93. The number of nitrogen functional groups attached to an aromatic ring is 1. The Balaban J connectivity index is 2.11. The molecular weight excluding hydrogens is 293 g/mol. The van der Waals surface area contributed by atoms with E-state index in [-0.39, 0.29) is 0 Å². The molecule has 0 bridgehead atoms. The summed E-state index contributed by atoms with van der Waals surface area (Å²) in [5, 5.41) is 1.21. The Kier molecular flexibility index (Phi) is 3.65. The SMILES string of the molecule is CCCn1c(C2CC2)nc(-c2ccc(Cl)cc2Cl)c1N. The number of rotatable bonds is 4. The summed E-state index contributed by atoms with van der Waals surface area (Å²) in [6.07, 6.45) is 3.44. The molecule has 0 radical (unpaired) electrons. The lowest BCUT2D eigenvalue weighted by atomic mass is 10.1. The number of hydrogen-bond donors (Lipinski definition) is 1. The predicted octanol–water partition coefficient (Wildman–Crippen LogP) is 4.73. The molecule has 3 nitrogen and oxygen atoms in total. The Bertz CT molecular complexity index is 645. The molecule has 5 heteroatoms. The summed E-state index contributed by atoms with van der Waals surface area (Å²) >= 11 is 12.2. The Labute approximate surface area is 128 Å². The molecule has 1 fully saturated rings. The van der Waals surface area contributed by atoms with Crippen molar-refractivity contribution in [1.29, 1.82) is 0 Å². The van der Waals surface area contributed by atoms with E-state index in [0.29, 0.717) is 21.8 Å². The summed E-state index contributed by atoms with van der Waals surface area (Å²) in [6, 6.07) is 5.43. The number of aromatic nitrogens is 2. The standard InChI is InChI=1S/C15H17Cl2N3/c1-2-7-20-14(18)13(19-15(20)9-3-4-9)11-6-5-10(16)8-12(11)17/h5-6,8-9H,2-4,7,18H2,1H3. The van der Waals surface area contributed by atoms with Crippen LogP contribution < -0.4 is 5.73 Å². The monoisotopic (exact) mass is 309 g/mol. The van der Waals surface area contributed by atoms with E-state index in [2.05, 4.69) is 11.5 Å². The van der Waals surface area contributed by atoms with Crippen LogP contribution in [0.4, 0.5) is 5.82 Å². The van der Waals surface area contributed by atoms with Gasteiger partial charge in [-0.15, -0.1) is 0 Å². The van der Waals surface area contributed by atoms with Crippen LogP contribution in [-0.2, 0) is 6.54 Å². The molecule has 0 saturated heterocycles. The molecule has 1 saturated carbocycles. The molecule has 1 aromatic heterocycles. The Morgan fingerprint density at radius 3 is 2.70 bits per heavy atom. The van der Waals surface area contributed by atoms with E-state index in [1.807, 2.05) is 12.1 Å². The lowest BCUT2D eigenvalue weighted by Gasteiger charge is -2.07. The van der Waals surface area contributed by atoms with Crippen molar-refractivity contribution in [3.8, 4) is 11.3 Å². The molecule has 2 aromatic rings. The van der Waals surface area contributed by atoms with E-state index in [9.17, 15) is 0 Å². The van der Waals surface area contributed by atoms with Crippen LogP contribution in [0.5, 0.6) is 0 Å². The first kappa shape index (κ1) is 13.8. The molecule has 3 rings (SSSR count). The van der Waals surface area contributed by atoms with Gasteiger partial charge >= 0.3 is 0 Å². The van der Waals surface area contributed by atoms with Gasteiger partial charge in [0.05, 0.1) is 5.02 Å². The molecule has 2 N–H and O–H groups in total. The number of halogens is 2. The van der Waals surface area contributed by atoms with Crippen molar-refractivity contribution < 1.29 is 0 Å². The van der Waals surface area contributed by atoms with Crippen LogP contribution in [0.2, 0.25) is 10.0 Å². The first-order valence-corrected chi connectivity index (χ1v) is 7.68. The third-order valence-corrected chi connectivity index (χ3v) is 4.16. The highest BCUT2D eigenvalue weighted by Gasteiger charge is 2.31. The zero-order valence-corrected chi connectivity index (χ0v) is 12.9. The van der Waals surface area contributed by atoms with Gasteiger partial charge in [-0.1, -0.05) is 30.1 Å². The molecule has 20 heavy (non-hydrogen) atoms. The van der Waals surface area contributed by atoms with Crippen LogP contribution in [0.25, 0.3) is 11.3 Å². The topological polar surface area (TPSA) is 43.8 Å². The third-order valence-electron chi connectivity index (χ3n) is 3.61. The molecule has 0 atom stereocenters. The van der Waals surface area contributed by atoms with Crippen molar-refractivity contribution in [2.24, 2.45) is 0 Å². The second-order valence-electron chi connectivity index (χ2n) is 5.25. The number of benzene rings is 1. The van der Waals surface area contributed by atoms with Gasteiger partial charge in [0.25, 0.3) is 0 Å². The van der Waals surface area contributed by atoms with Gasteiger partial charge in [0.1, 0.15) is 17.3 Å². The molecule has 1 aliphatic rings. The maximum atomic E-state index is 6.30. The molecule has 0 spiro atoms. The largest absolute Gasteiger partial charge is 0.383 e. The van der Waals surface area contributed by atoms with Crippen molar-refractivity contribution in [2.75, 3.05) is 5.73 Å². The molecule has 1 aliphatic carbocycles. The number of anilines is 1. The number of nitrogens with zero attached hydrogens (tertiary/aromatic N) is 2. The molecule has 0 unspecified atom stereocenters. The minimum absolute atomic E-state index is 0.559. The number of imidazole rings is 1. The van der Waals surface area contributed by atoms with E-state index in [0.717, 1.165) is 30.0 Å². The van der Waals surface area contributed by atoms with E-state index in [1.54, 1.807) is 6.07 Å². The predicted molar refractivity (Wildman–Crippen MR) is 84.4 cm³/mol. The maximum absolute atomic E-state index is 6.30. The first-order chi connectivity index (χ1) is 9.61. The van der Waals surface area contributed by atoms with Gasteiger partial charge < -0.3 is 10.3 Å². The van der Waals surface area contributed by atoms with Crippen LogP contribution >= 0.6 is 23.2 Å². The average molecular weight is 310 g/mol. The van der Waals surface area contributed by atoms with Crippen LogP contribution in [0, 0.1) is 0 Å². The van der Waals surface area contributed by atoms with E-state index < -0.39 is 0 Å². The molecule has 1 heterocycles. The van der Waals surface area contributed by atoms with E-state index in [1.165, 1.54) is 12.8 Å². The normalized spacial score (nSPS) is 14.8. The van der Waals surface area contributed by atoms with Gasteiger partial charge in [0.15, 0.2) is 0 Å². The van der Waals surface area contributed by atoms with Gasteiger partial charge in [0, 0.05) is 23.0 Å². The van der Waals surface area contributed by atoms with Crippen molar-refractivity contribution in [1.82, 2.24) is 9.55 Å². The van der Waals surface area contributed by atoms with Crippen molar-refractivity contribution >= 4 is 29.0 Å².